The van der Waals surface area contributed by atoms with Crippen LogP contribution in [0.15, 0.2) is 0 Å². The lowest BCUT2D eigenvalue weighted by Crippen LogP contribution is -2.64. The lowest BCUT2D eigenvalue weighted by atomic mass is 9.89. The highest BCUT2D eigenvalue weighted by Gasteiger charge is 2.42. The Labute approximate surface area is 97.0 Å². The van der Waals surface area contributed by atoms with E-state index in [0.29, 0.717) is 19.6 Å². The van der Waals surface area contributed by atoms with E-state index in [4.69, 9.17) is 0 Å². The first kappa shape index (κ1) is 11.9. The van der Waals surface area contributed by atoms with E-state index in [1.165, 1.54) is 12.8 Å². The third kappa shape index (κ3) is 2.95. The minimum atomic E-state index is -0.596. The zero-order chi connectivity index (χ0) is 11.6. The molecular formula is C12H22N2O2. The van der Waals surface area contributed by atoms with Gasteiger partial charge in [-0.2, -0.15) is 0 Å². The molecule has 4 nitrogen and oxygen atoms in total. The minimum Gasteiger partial charge on any atom is -0.386 e. The number of β-amino-alcohol motifs (C(OH)–C–C–N with tert-alkyl or cyclic N) is 1. The maximum atomic E-state index is 11.7. The number of hydrogen-bond acceptors (Lipinski definition) is 3. The van der Waals surface area contributed by atoms with Gasteiger partial charge in [0.1, 0.15) is 0 Å². The van der Waals surface area contributed by atoms with Crippen molar-refractivity contribution in [3.8, 4) is 0 Å². The van der Waals surface area contributed by atoms with Crippen molar-refractivity contribution in [1.29, 1.82) is 0 Å². The largest absolute Gasteiger partial charge is 0.386 e. The van der Waals surface area contributed by atoms with Gasteiger partial charge in [-0.25, -0.2) is 0 Å². The van der Waals surface area contributed by atoms with E-state index in [-0.39, 0.29) is 5.91 Å². The number of likely N-dealkylation sites (tertiary alicyclic amines) is 1. The molecule has 4 heteroatoms. The van der Waals surface area contributed by atoms with E-state index >= 15 is 0 Å². The summed E-state index contributed by atoms with van der Waals surface area (Å²) in [6.45, 7) is 4.49. The van der Waals surface area contributed by atoms with Crippen LogP contribution >= 0.6 is 0 Å². The predicted molar refractivity (Wildman–Crippen MR) is 62.0 cm³/mol. The van der Waals surface area contributed by atoms with Gasteiger partial charge in [0.15, 0.2) is 0 Å². The molecule has 2 rings (SSSR count). The Morgan fingerprint density at radius 2 is 2.19 bits per heavy atom. The molecule has 1 saturated carbocycles. The molecule has 1 aliphatic carbocycles. The van der Waals surface area contributed by atoms with Crippen LogP contribution in [0.5, 0.6) is 0 Å². The Bertz CT molecular complexity index is 258. The Kier molecular flexibility index (Phi) is 3.50. The van der Waals surface area contributed by atoms with Gasteiger partial charge in [-0.3, -0.25) is 4.79 Å². The second-order valence-electron chi connectivity index (χ2n) is 5.30. The van der Waals surface area contributed by atoms with Crippen LogP contribution in [0.1, 0.15) is 32.6 Å². The Morgan fingerprint density at radius 3 is 2.75 bits per heavy atom. The standard InChI is InChI=1S/C12H22N2O2/c1-2-5-12(16)8-14(9-12)11(15)7-13-6-10-3-4-10/h10,13,16H,2-9H2,1H3. The molecule has 0 aromatic carbocycles. The van der Waals surface area contributed by atoms with Crippen LogP contribution in [0.3, 0.4) is 0 Å². The van der Waals surface area contributed by atoms with Gasteiger partial charge in [0.2, 0.25) is 5.91 Å². The van der Waals surface area contributed by atoms with Crippen LogP contribution in [0.2, 0.25) is 0 Å². The van der Waals surface area contributed by atoms with Crippen molar-refractivity contribution in [1.82, 2.24) is 10.2 Å². The van der Waals surface area contributed by atoms with E-state index in [2.05, 4.69) is 12.2 Å². The number of nitrogens with zero attached hydrogens (tertiary/aromatic N) is 1. The number of carbonyl (C=O) groups excluding carboxylic acids is 1. The second kappa shape index (κ2) is 4.72. The summed E-state index contributed by atoms with van der Waals surface area (Å²) in [5, 5.41) is 13.1. The van der Waals surface area contributed by atoms with Crippen molar-refractivity contribution in [3.63, 3.8) is 0 Å². The fourth-order valence-electron chi connectivity index (χ4n) is 2.28. The summed E-state index contributed by atoms with van der Waals surface area (Å²) >= 11 is 0. The molecule has 16 heavy (non-hydrogen) atoms. The highest BCUT2D eigenvalue weighted by atomic mass is 16.3. The molecule has 0 bridgehead atoms. The molecule has 0 radical (unpaired) electrons. The first-order valence-corrected chi connectivity index (χ1v) is 6.34. The average Bonchev–Trinajstić information content (AvgIpc) is 2.98. The lowest BCUT2D eigenvalue weighted by Gasteiger charge is -2.46. The van der Waals surface area contributed by atoms with Gasteiger partial charge in [0.05, 0.1) is 25.2 Å². The van der Waals surface area contributed by atoms with Gasteiger partial charge < -0.3 is 15.3 Å². The van der Waals surface area contributed by atoms with E-state index in [1.807, 2.05) is 0 Å². The van der Waals surface area contributed by atoms with E-state index in [1.54, 1.807) is 4.90 Å². The van der Waals surface area contributed by atoms with Gasteiger partial charge in [-0.1, -0.05) is 13.3 Å². The van der Waals surface area contributed by atoms with Gasteiger partial charge in [-0.15, -0.1) is 0 Å². The van der Waals surface area contributed by atoms with E-state index in [0.717, 1.165) is 25.3 Å². The second-order valence-corrected chi connectivity index (χ2v) is 5.30. The van der Waals surface area contributed by atoms with Gasteiger partial charge in [0.25, 0.3) is 0 Å². The maximum Gasteiger partial charge on any atom is 0.236 e. The van der Waals surface area contributed by atoms with Crippen molar-refractivity contribution in [2.75, 3.05) is 26.2 Å². The quantitative estimate of drug-likeness (QED) is 0.687. The SMILES string of the molecule is CCCC1(O)CN(C(=O)CNCC2CC2)C1. The molecule has 0 unspecified atom stereocenters. The fraction of sp³-hybridized carbons (Fsp3) is 0.917. The topological polar surface area (TPSA) is 52.6 Å². The molecule has 2 aliphatic rings. The third-order valence-corrected chi connectivity index (χ3v) is 3.44. The molecule has 0 atom stereocenters. The molecule has 1 amide bonds. The average molecular weight is 226 g/mol. The number of hydrogen-bond donors (Lipinski definition) is 2. The molecule has 0 aromatic rings. The van der Waals surface area contributed by atoms with Crippen LogP contribution in [0, 0.1) is 5.92 Å². The Balaban J connectivity index is 1.60. The van der Waals surface area contributed by atoms with Crippen LogP contribution in [0.25, 0.3) is 0 Å². The Hall–Kier alpha value is -0.610. The van der Waals surface area contributed by atoms with Gasteiger partial charge in [0, 0.05) is 0 Å². The fourth-order valence-corrected chi connectivity index (χ4v) is 2.28. The first-order valence-electron chi connectivity index (χ1n) is 6.34. The minimum absolute atomic E-state index is 0.126. The number of aliphatic hydroxyl groups is 1. The normalized spacial score (nSPS) is 23.0. The highest BCUT2D eigenvalue weighted by Crippen LogP contribution is 2.28. The van der Waals surface area contributed by atoms with E-state index in [9.17, 15) is 9.90 Å². The zero-order valence-corrected chi connectivity index (χ0v) is 10.0. The summed E-state index contributed by atoms with van der Waals surface area (Å²) < 4.78 is 0. The first-order chi connectivity index (χ1) is 7.63. The van der Waals surface area contributed by atoms with Crippen molar-refractivity contribution < 1.29 is 9.90 Å². The molecule has 92 valence electrons. The predicted octanol–water partition coefficient (Wildman–Crippen LogP) is 0.359. The van der Waals surface area contributed by atoms with Crippen LogP contribution in [-0.2, 0) is 4.79 Å². The molecular weight excluding hydrogens is 204 g/mol. The van der Waals surface area contributed by atoms with Crippen molar-refractivity contribution >= 4 is 5.91 Å². The molecule has 1 heterocycles. The summed E-state index contributed by atoms with van der Waals surface area (Å²) in [5.74, 6) is 0.933. The Morgan fingerprint density at radius 1 is 1.50 bits per heavy atom. The summed E-state index contributed by atoms with van der Waals surface area (Å²) in [4.78, 5) is 13.4. The summed E-state index contributed by atoms with van der Waals surface area (Å²) in [6, 6.07) is 0. The monoisotopic (exact) mass is 226 g/mol. The summed E-state index contributed by atoms with van der Waals surface area (Å²) in [6.07, 6.45) is 4.38. The smallest absolute Gasteiger partial charge is 0.236 e. The molecule has 2 N–H and O–H groups in total. The molecule has 0 spiro atoms. The number of rotatable bonds is 6. The highest BCUT2D eigenvalue weighted by molar-refractivity contribution is 5.79. The van der Waals surface area contributed by atoms with Crippen molar-refractivity contribution in [3.05, 3.63) is 0 Å². The molecule has 1 saturated heterocycles. The maximum absolute atomic E-state index is 11.7. The van der Waals surface area contributed by atoms with E-state index < -0.39 is 5.60 Å². The van der Waals surface area contributed by atoms with Gasteiger partial charge >= 0.3 is 0 Å². The van der Waals surface area contributed by atoms with Crippen LogP contribution in [-0.4, -0.2) is 47.7 Å². The van der Waals surface area contributed by atoms with Crippen molar-refractivity contribution in [2.45, 2.75) is 38.2 Å². The zero-order valence-electron chi connectivity index (χ0n) is 10.0. The molecule has 0 aromatic heterocycles. The number of amides is 1. The summed E-state index contributed by atoms with van der Waals surface area (Å²) in [5.41, 5.74) is -0.596. The summed E-state index contributed by atoms with van der Waals surface area (Å²) in [7, 11) is 0. The third-order valence-electron chi connectivity index (χ3n) is 3.44. The number of nitrogens with one attached hydrogen (secondary N) is 1. The molecule has 2 fully saturated rings. The van der Waals surface area contributed by atoms with Gasteiger partial charge in [-0.05, 0) is 31.7 Å². The molecule has 1 aliphatic heterocycles. The number of carbonyl (C=O) groups is 1. The van der Waals surface area contributed by atoms with Crippen molar-refractivity contribution in [2.24, 2.45) is 5.92 Å². The van der Waals surface area contributed by atoms with Crippen LogP contribution < -0.4 is 5.32 Å². The lowest BCUT2D eigenvalue weighted by molar-refractivity contribution is -0.155. The van der Waals surface area contributed by atoms with Crippen LogP contribution in [0.4, 0.5) is 0 Å².